The Labute approximate surface area is 170 Å². The summed E-state index contributed by atoms with van der Waals surface area (Å²) in [7, 11) is 3.39. The molecule has 1 aromatic carbocycles. The van der Waals surface area contributed by atoms with Gasteiger partial charge in [0.25, 0.3) is 5.56 Å². The van der Waals surface area contributed by atoms with Crippen LogP contribution in [0.4, 0.5) is 5.95 Å². The third kappa shape index (κ3) is 3.21. The minimum absolute atomic E-state index is 0.0961. The van der Waals surface area contributed by atoms with E-state index >= 15 is 0 Å². The van der Waals surface area contributed by atoms with Gasteiger partial charge < -0.3 is 15.2 Å². The largest absolute Gasteiger partial charge is 0.352 e. The predicted octanol–water partition coefficient (Wildman–Crippen LogP) is 1.56. The van der Waals surface area contributed by atoms with Crippen LogP contribution in [0.15, 0.2) is 27.8 Å². The Hall–Kier alpha value is -2.29. The van der Waals surface area contributed by atoms with Crippen molar-refractivity contribution in [2.24, 2.45) is 14.1 Å². The molecular weight excluding hydrogens is 403 g/mol. The summed E-state index contributed by atoms with van der Waals surface area (Å²) in [5.41, 5.74) is 0.616. The minimum Gasteiger partial charge on any atom is -0.352 e. The topological polar surface area (TPSA) is 85.9 Å². The van der Waals surface area contributed by atoms with Crippen molar-refractivity contribution in [2.45, 2.75) is 19.0 Å². The van der Waals surface area contributed by atoms with Crippen LogP contribution in [0, 0.1) is 0 Å². The summed E-state index contributed by atoms with van der Waals surface area (Å²) >= 11 is 12.0. The highest BCUT2D eigenvalue weighted by Crippen LogP contribution is 2.23. The molecule has 4 rings (SSSR count). The monoisotopic (exact) mass is 422 g/mol. The number of aromatic nitrogens is 4. The van der Waals surface area contributed by atoms with Gasteiger partial charge in [0.05, 0.1) is 16.6 Å². The second kappa shape index (κ2) is 7.27. The van der Waals surface area contributed by atoms with Crippen molar-refractivity contribution < 1.29 is 0 Å². The summed E-state index contributed by atoms with van der Waals surface area (Å²) in [5.74, 6) is 0.572. The molecule has 0 amide bonds. The first-order valence-corrected chi connectivity index (χ1v) is 9.70. The lowest BCUT2D eigenvalue weighted by Crippen LogP contribution is -2.39. The van der Waals surface area contributed by atoms with E-state index < -0.39 is 11.2 Å². The van der Waals surface area contributed by atoms with Gasteiger partial charge in [0.1, 0.15) is 0 Å². The number of anilines is 1. The van der Waals surface area contributed by atoms with Gasteiger partial charge in [0, 0.05) is 26.7 Å². The molecule has 0 unspecified atom stereocenters. The Kier molecular flexibility index (Phi) is 4.95. The molecule has 2 aromatic heterocycles. The minimum atomic E-state index is -0.434. The van der Waals surface area contributed by atoms with Gasteiger partial charge in [-0.05, 0) is 30.7 Å². The molecule has 0 aliphatic carbocycles. The van der Waals surface area contributed by atoms with Crippen LogP contribution in [-0.4, -0.2) is 37.8 Å². The van der Waals surface area contributed by atoms with Crippen molar-refractivity contribution >= 4 is 40.3 Å². The van der Waals surface area contributed by atoms with E-state index in [1.165, 1.54) is 9.13 Å². The average molecular weight is 423 g/mol. The number of benzene rings is 1. The van der Waals surface area contributed by atoms with Crippen molar-refractivity contribution in [3.05, 3.63) is 54.6 Å². The number of rotatable bonds is 4. The Bertz CT molecular complexity index is 1170. The fraction of sp³-hybridized carbons (Fsp3) is 0.389. The van der Waals surface area contributed by atoms with Gasteiger partial charge in [-0.2, -0.15) is 4.98 Å². The SMILES string of the molecule is Cn1c(N[C@H]2CCNC2)nc2c1c(=O)n(Cc1ccc(Cl)c(Cl)c1)c(=O)n2C. The van der Waals surface area contributed by atoms with Crippen molar-refractivity contribution in [3.8, 4) is 0 Å². The van der Waals surface area contributed by atoms with Gasteiger partial charge >= 0.3 is 5.69 Å². The van der Waals surface area contributed by atoms with Crippen LogP contribution in [0.5, 0.6) is 0 Å². The lowest BCUT2D eigenvalue weighted by molar-refractivity contribution is 0.655. The summed E-state index contributed by atoms with van der Waals surface area (Å²) in [6.07, 6.45) is 0.976. The molecule has 0 spiro atoms. The molecule has 0 saturated carbocycles. The summed E-state index contributed by atoms with van der Waals surface area (Å²) in [5, 5.41) is 7.43. The third-order valence-corrected chi connectivity index (χ3v) is 5.82. The van der Waals surface area contributed by atoms with Crippen LogP contribution >= 0.6 is 23.2 Å². The fourth-order valence-electron chi connectivity index (χ4n) is 3.49. The number of nitrogens with zero attached hydrogens (tertiary/aromatic N) is 4. The van der Waals surface area contributed by atoms with Gasteiger partial charge in [-0.3, -0.25) is 13.9 Å². The summed E-state index contributed by atoms with van der Waals surface area (Å²) < 4.78 is 4.29. The highest BCUT2D eigenvalue weighted by Gasteiger charge is 2.21. The third-order valence-electron chi connectivity index (χ3n) is 5.08. The number of nitrogens with one attached hydrogen (secondary N) is 2. The molecule has 3 aromatic rings. The molecule has 0 bridgehead atoms. The molecule has 2 N–H and O–H groups in total. The van der Waals surface area contributed by atoms with Crippen LogP contribution in [-0.2, 0) is 20.6 Å². The summed E-state index contributed by atoms with van der Waals surface area (Å²) in [6, 6.07) is 5.29. The molecule has 1 fully saturated rings. The van der Waals surface area contributed by atoms with Gasteiger partial charge in [0.15, 0.2) is 11.2 Å². The van der Waals surface area contributed by atoms with Crippen LogP contribution in [0.25, 0.3) is 11.2 Å². The normalized spacial score (nSPS) is 16.8. The first-order valence-electron chi connectivity index (χ1n) is 8.94. The van der Waals surface area contributed by atoms with Crippen molar-refractivity contribution in [1.82, 2.24) is 24.0 Å². The van der Waals surface area contributed by atoms with E-state index in [1.54, 1.807) is 36.9 Å². The lowest BCUT2D eigenvalue weighted by Gasteiger charge is -2.12. The van der Waals surface area contributed by atoms with Gasteiger partial charge in [0.2, 0.25) is 5.95 Å². The van der Waals surface area contributed by atoms with Crippen molar-refractivity contribution in [2.75, 3.05) is 18.4 Å². The van der Waals surface area contributed by atoms with Crippen LogP contribution in [0.3, 0.4) is 0 Å². The maximum atomic E-state index is 13.1. The van der Waals surface area contributed by atoms with Gasteiger partial charge in [-0.25, -0.2) is 4.79 Å². The van der Waals surface area contributed by atoms with Crippen LogP contribution < -0.4 is 21.9 Å². The van der Waals surface area contributed by atoms with E-state index in [0.29, 0.717) is 32.7 Å². The molecule has 1 aliphatic rings. The quantitative estimate of drug-likeness (QED) is 0.666. The molecule has 1 aliphatic heterocycles. The van der Waals surface area contributed by atoms with Crippen LogP contribution in [0.1, 0.15) is 12.0 Å². The van der Waals surface area contributed by atoms with Crippen LogP contribution in [0.2, 0.25) is 10.0 Å². The van der Waals surface area contributed by atoms with Gasteiger partial charge in [-0.1, -0.05) is 29.3 Å². The Balaban J connectivity index is 1.81. The molecular formula is C18H20Cl2N6O2. The Morgan fingerprint density at radius 1 is 1.21 bits per heavy atom. The first kappa shape index (κ1) is 19.0. The molecule has 8 nitrogen and oxygen atoms in total. The molecule has 1 atom stereocenters. The number of aryl methyl sites for hydroxylation is 2. The van der Waals surface area contributed by atoms with E-state index in [2.05, 4.69) is 15.6 Å². The maximum absolute atomic E-state index is 13.1. The predicted molar refractivity (Wildman–Crippen MR) is 111 cm³/mol. The molecule has 3 heterocycles. The molecule has 148 valence electrons. The second-order valence-electron chi connectivity index (χ2n) is 6.98. The maximum Gasteiger partial charge on any atom is 0.332 e. The molecule has 0 radical (unpaired) electrons. The standard InChI is InChI=1S/C18H20Cl2N6O2/c1-24-14-15(23-17(24)22-11-5-6-21-8-11)25(2)18(28)26(16(14)27)9-10-3-4-12(19)13(20)7-10/h3-4,7,11,21H,5-6,8-9H2,1-2H3,(H,22,23)/t11-/m0/s1. The number of hydrogen-bond donors (Lipinski definition) is 2. The summed E-state index contributed by atoms with van der Waals surface area (Å²) in [6.45, 7) is 1.87. The van der Waals surface area contributed by atoms with E-state index in [9.17, 15) is 9.59 Å². The molecule has 10 heteroatoms. The zero-order valence-electron chi connectivity index (χ0n) is 15.5. The second-order valence-corrected chi connectivity index (χ2v) is 7.80. The van der Waals surface area contributed by atoms with E-state index in [0.717, 1.165) is 19.5 Å². The lowest BCUT2D eigenvalue weighted by atomic mass is 10.2. The average Bonchev–Trinajstić information content (AvgIpc) is 3.29. The number of halogens is 2. The van der Waals surface area contributed by atoms with Gasteiger partial charge in [-0.15, -0.1) is 0 Å². The van der Waals surface area contributed by atoms with E-state index in [-0.39, 0.29) is 12.6 Å². The fourth-order valence-corrected chi connectivity index (χ4v) is 3.81. The molecule has 1 saturated heterocycles. The molecule has 28 heavy (non-hydrogen) atoms. The smallest absolute Gasteiger partial charge is 0.332 e. The highest BCUT2D eigenvalue weighted by atomic mass is 35.5. The van der Waals surface area contributed by atoms with E-state index in [4.69, 9.17) is 23.2 Å². The van der Waals surface area contributed by atoms with E-state index in [1.807, 2.05) is 0 Å². The number of hydrogen-bond acceptors (Lipinski definition) is 5. The highest BCUT2D eigenvalue weighted by molar-refractivity contribution is 6.42. The van der Waals surface area contributed by atoms with Crippen molar-refractivity contribution in [3.63, 3.8) is 0 Å². The zero-order valence-corrected chi connectivity index (χ0v) is 17.0. The summed E-state index contributed by atoms with van der Waals surface area (Å²) in [4.78, 5) is 30.4. The number of fused-ring (bicyclic) bond motifs is 1. The Morgan fingerprint density at radius 3 is 2.68 bits per heavy atom. The first-order chi connectivity index (χ1) is 13.4. The van der Waals surface area contributed by atoms with Crippen molar-refractivity contribution in [1.29, 1.82) is 0 Å². The number of imidazole rings is 1. The Morgan fingerprint density at radius 2 is 2.00 bits per heavy atom. The zero-order chi connectivity index (χ0) is 20.0.